The molecule has 11 heavy (non-hydrogen) atoms. The Bertz CT molecular complexity index is 277. The van der Waals surface area contributed by atoms with Crippen LogP contribution in [-0.2, 0) is 0 Å². The highest BCUT2D eigenvalue weighted by Crippen LogP contribution is 2.28. The fraction of sp³-hybridized carbons (Fsp3) is 0.111. The van der Waals surface area contributed by atoms with Crippen LogP contribution < -0.4 is 0 Å². The zero-order chi connectivity index (χ0) is 8.27. The van der Waals surface area contributed by atoms with Gasteiger partial charge in [0.25, 0.3) is 0 Å². The third-order valence-electron chi connectivity index (χ3n) is 1.39. The van der Waals surface area contributed by atoms with Gasteiger partial charge in [0.15, 0.2) is 11.5 Å². The van der Waals surface area contributed by atoms with Gasteiger partial charge in [0, 0.05) is 5.56 Å². The molecule has 0 heterocycles. The smallest absolute Gasteiger partial charge is 0.164 e. The summed E-state index contributed by atoms with van der Waals surface area (Å²) < 4.78 is 0. The number of hydrogen-bond donors (Lipinski definition) is 2. The van der Waals surface area contributed by atoms with Crippen LogP contribution in [0.25, 0.3) is 6.08 Å². The molecule has 1 aromatic rings. The Morgan fingerprint density at radius 3 is 2.64 bits per heavy atom. The monoisotopic (exact) mass is 150 g/mol. The number of phenolic OH excluding ortho intramolecular Hbond substituents is 2. The lowest BCUT2D eigenvalue weighted by Crippen LogP contribution is -1.74. The third-order valence-corrected chi connectivity index (χ3v) is 1.39. The fourth-order valence-corrected chi connectivity index (χ4v) is 0.863. The average molecular weight is 150 g/mol. The van der Waals surface area contributed by atoms with Crippen molar-refractivity contribution in [2.45, 2.75) is 6.92 Å². The molecule has 0 saturated carbocycles. The van der Waals surface area contributed by atoms with Crippen LogP contribution in [0.4, 0.5) is 0 Å². The molecule has 0 fully saturated rings. The van der Waals surface area contributed by atoms with E-state index in [-0.39, 0.29) is 11.5 Å². The molecule has 0 aliphatic rings. The number of allylic oxidation sites excluding steroid dienone is 1. The lowest BCUT2D eigenvalue weighted by atomic mass is 10.2. The van der Waals surface area contributed by atoms with Crippen molar-refractivity contribution in [2.75, 3.05) is 0 Å². The zero-order valence-corrected chi connectivity index (χ0v) is 6.28. The van der Waals surface area contributed by atoms with Crippen LogP contribution in [0.15, 0.2) is 24.3 Å². The first-order valence-electron chi connectivity index (χ1n) is 3.39. The number of para-hydroxylation sites is 1. The quantitative estimate of drug-likeness (QED) is 0.602. The van der Waals surface area contributed by atoms with E-state index >= 15 is 0 Å². The van der Waals surface area contributed by atoms with Gasteiger partial charge >= 0.3 is 0 Å². The SMILES string of the molecule is C/C=C/c1cccc(O)c1O. The number of phenols is 2. The summed E-state index contributed by atoms with van der Waals surface area (Å²) in [5, 5.41) is 18.3. The lowest BCUT2D eigenvalue weighted by Gasteiger charge is -1.99. The van der Waals surface area contributed by atoms with Crippen LogP contribution in [0.1, 0.15) is 12.5 Å². The summed E-state index contributed by atoms with van der Waals surface area (Å²) in [6.45, 7) is 1.85. The maximum absolute atomic E-state index is 9.23. The second-order valence-corrected chi connectivity index (χ2v) is 2.21. The van der Waals surface area contributed by atoms with Gasteiger partial charge in [-0.1, -0.05) is 24.3 Å². The highest BCUT2D eigenvalue weighted by atomic mass is 16.3. The van der Waals surface area contributed by atoms with E-state index < -0.39 is 0 Å². The molecule has 1 aromatic carbocycles. The van der Waals surface area contributed by atoms with Crippen molar-refractivity contribution in [3.8, 4) is 11.5 Å². The minimum atomic E-state index is -0.0828. The van der Waals surface area contributed by atoms with E-state index in [1.807, 2.05) is 6.92 Å². The van der Waals surface area contributed by atoms with Gasteiger partial charge in [-0.05, 0) is 13.0 Å². The van der Waals surface area contributed by atoms with Crippen molar-refractivity contribution in [2.24, 2.45) is 0 Å². The first-order valence-corrected chi connectivity index (χ1v) is 3.39. The summed E-state index contributed by atoms with van der Waals surface area (Å²) in [5.41, 5.74) is 0.632. The molecular weight excluding hydrogens is 140 g/mol. The van der Waals surface area contributed by atoms with Gasteiger partial charge in [0.2, 0.25) is 0 Å². The first-order chi connectivity index (χ1) is 5.25. The van der Waals surface area contributed by atoms with Gasteiger partial charge in [0.1, 0.15) is 0 Å². The van der Waals surface area contributed by atoms with Crippen molar-refractivity contribution in [3.05, 3.63) is 29.8 Å². The highest BCUT2D eigenvalue weighted by molar-refractivity contribution is 5.60. The Balaban J connectivity index is 3.16. The summed E-state index contributed by atoms with van der Waals surface area (Å²) in [5.74, 6) is -0.147. The number of benzene rings is 1. The van der Waals surface area contributed by atoms with Crippen LogP contribution in [0.2, 0.25) is 0 Å². The van der Waals surface area contributed by atoms with Gasteiger partial charge in [-0.3, -0.25) is 0 Å². The molecule has 0 aliphatic heterocycles. The summed E-state index contributed by atoms with van der Waals surface area (Å²) in [6.07, 6.45) is 3.53. The second-order valence-electron chi connectivity index (χ2n) is 2.21. The molecule has 2 heteroatoms. The normalized spacial score (nSPS) is 10.6. The first kappa shape index (κ1) is 7.66. The lowest BCUT2D eigenvalue weighted by molar-refractivity contribution is 0.403. The van der Waals surface area contributed by atoms with Crippen molar-refractivity contribution in [1.29, 1.82) is 0 Å². The zero-order valence-electron chi connectivity index (χ0n) is 6.28. The van der Waals surface area contributed by atoms with Crippen LogP contribution in [0.5, 0.6) is 11.5 Å². The molecule has 0 atom stereocenters. The van der Waals surface area contributed by atoms with E-state index in [4.69, 9.17) is 5.11 Å². The average Bonchev–Trinajstić information content (AvgIpc) is 1.99. The molecule has 0 saturated heterocycles. The summed E-state index contributed by atoms with van der Waals surface area (Å²) in [4.78, 5) is 0. The number of rotatable bonds is 1. The maximum atomic E-state index is 9.23. The standard InChI is InChI=1S/C9H10O2/c1-2-4-7-5-3-6-8(10)9(7)11/h2-6,10-11H,1H3/b4-2+. The number of hydrogen-bond acceptors (Lipinski definition) is 2. The van der Waals surface area contributed by atoms with E-state index in [1.165, 1.54) is 6.07 Å². The summed E-state index contributed by atoms with van der Waals surface area (Å²) in [6, 6.07) is 4.86. The molecule has 1 rings (SSSR count). The predicted octanol–water partition coefficient (Wildman–Crippen LogP) is 2.13. The van der Waals surface area contributed by atoms with E-state index in [2.05, 4.69) is 0 Å². The molecular formula is C9H10O2. The molecule has 0 radical (unpaired) electrons. The minimum absolute atomic E-state index is 0.0643. The van der Waals surface area contributed by atoms with E-state index in [0.717, 1.165) is 0 Å². The summed E-state index contributed by atoms with van der Waals surface area (Å²) >= 11 is 0. The molecule has 0 spiro atoms. The Kier molecular flexibility index (Phi) is 2.16. The fourth-order valence-electron chi connectivity index (χ4n) is 0.863. The van der Waals surface area contributed by atoms with Crippen molar-refractivity contribution in [1.82, 2.24) is 0 Å². The van der Waals surface area contributed by atoms with Gasteiger partial charge in [0.05, 0.1) is 0 Å². The highest BCUT2D eigenvalue weighted by Gasteiger charge is 2.00. The van der Waals surface area contributed by atoms with Gasteiger partial charge in [-0.2, -0.15) is 0 Å². The van der Waals surface area contributed by atoms with E-state index in [9.17, 15) is 5.11 Å². The largest absolute Gasteiger partial charge is 0.504 e. The van der Waals surface area contributed by atoms with Crippen LogP contribution >= 0.6 is 0 Å². The Morgan fingerprint density at radius 1 is 1.27 bits per heavy atom. The van der Waals surface area contributed by atoms with Crippen molar-refractivity contribution >= 4 is 6.08 Å². The Hall–Kier alpha value is -1.44. The van der Waals surface area contributed by atoms with E-state index in [1.54, 1.807) is 24.3 Å². The van der Waals surface area contributed by atoms with Crippen LogP contribution in [0.3, 0.4) is 0 Å². The molecule has 0 unspecified atom stereocenters. The molecule has 0 amide bonds. The molecule has 2 N–H and O–H groups in total. The molecule has 0 aromatic heterocycles. The van der Waals surface area contributed by atoms with Gasteiger partial charge in [-0.15, -0.1) is 0 Å². The van der Waals surface area contributed by atoms with Crippen molar-refractivity contribution in [3.63, 3.8) is 0 Å². The topological polar surface area (TPSA) is 40.5 Å². The van der Waals surface area contributed by atoms with Crippen molar-refractivity contribution < 1.29 is 10.2 Å². The van der Waals surface area contributed by atoms with Gasteiger partial charge < -0.3 is 10.2 Å². The molecule has 2 nitrogen and oxygen atoms in total. The summed E-state index contributed by atoms with van der Waals surface area (Å²) in [7, 11) is 0. The van der Waals surface area contributed by atoms with E-state index in [0.29, 0.717) is 5.56 Å². The van der Waals surface area contributed by atoms with Crippen LogP contribution in [-0.4, -0.2) is 10.2 Å². The molecule has 0 aliphatic carbocycles. The second kappa shape index (κ2) is 3.10. The van der Waals surface area contributed by atoms with Gasteiger partial charge in [-0.25, -0.2) is 0 Å². The molecule has 0 bridgehead atoms. The predicted molar refractivity (Wildman–Crippen MR) is 44.5 cm³/mol. The molecule has 58 valence electrons. The number of aromatic hydroxyl groups is 2. The van der Waals surface area contributed by atoms with Crippen LogP contribution in [0, 0.1) is 0 Å². The Labute approximate surface area is 65.4 Å². The minimum Gasteiger partial charge on any atom is -0.504 e. The third kappa shape index (κ3) is 1.52. The Morgan fingerprint density at radius 2 is 2.00 bits per heavy atom. The maximum Gasteiger partial charge on any atom is 0.164 e.